The first-order valence-electron chi connectivity index (χ1n) is 13.7. The lowest BCUT2D eigenvalue weighted by atomic mass is 10.1. The highest BCUT2D eigenvalue weighted by molar-refractivity contribution is 7.27. The molecule has 216 valence electrons. The molecule has 45 heavy (non-hydrogen) atoms. The van der Waals surface area contributed by atoms with Gasteiger partial charge in [-0.1, -0.05) is 78.9 Å². The Morgan fingerprint density at radius 1 is 0.622 bits per heavy atom. The van der Waals surface area contributed by atoms with E-state index in [1.165, 1.54) is 27.2 Å². The van der Waals surface area contributed by atoms with Crippen molar-refractivity contribution in [3.8, 4) is 0 Å². The van der Waals surface area contributed by atoms with Gasteiger partial charge in [-0.3, -0.25) is 19.2 Å². The fraction of sp³-hybridized carbons (Fsp3) is 0.0294. The maximum Gasteiger partial charge on any atom is 0.421 e. The van der Waals surface area contributed by atoms with E-state index in [0.29, 0.717) is 53.0 Å². The number of benzene rings is 3. The number of aromatic nitrogens is 3. The highest BCUT2D eigenvalue weighted by Crippen LogP contribution is 2.41. The summed E-state index contributed by atoms with van der Waals surface area (Å²) in [4.78, 5) is 73.7. The molecule has 8 rings (SSSR count). The molecule has 3 aromatic heterocycles. The van der Waals surface area contributed by atoms with Crippen molar-refractivity contribution in [2.45, 2.75) is 6.61 Å². The highest BCUT2D eigenvalue weighted by Gasteiger charge is 2.35. The summed E-state index contributed by atoms with van der Waals surface area (Å²) >= 11 is 2.48. The van der Waals surface area contributed by atoms with Crippen molar-refractivity contribution in [1.29, 1.82) is 0 Å². The Balaban J connectivity index is 1.26. The van der Waals surface area contributed by atoms with Crippen molar-refractivity contribution in [3.63, 3.8) is 0 Å². The van der Waals surface area contributed by atoms with Crippen LogP contribution in [0.25, 0.3) is 44.0 Å². The smallest absolute Gasteiger partial charge is 0.421 e. The SMILES string of the molecule is O=C1C(=O)c2ccccc2/C1=C/c1nc2c(s1)c1sc(/C=C3\C(=O)C(=O)c4ccccc43)nc1n2C(=O)OCc1ccccc1. The summed E-state index contributed by atoms with van der Waals surface area (Å²) in [6.45, 7) is 0.0176. The van der Waals surface area contributed by atoms with Crippen LogP contribution in [-0.2, 0) is 20.9 Å². The first kappa shape index (κ1) is 26.9. The van der Waals surface area contributed by atoms with Gasteiger partial charge in [0, 0.05) is 22.3 Å². The van der Waals surface area contributed by atoms with Crippen LogP contribution in [0.2, 0.25) is 0 Å². The van der Waals surface area contributed by atoms with Crippen molar-refractivity contribution in [2.24, 2.45) is 0 Å². The predicted octanol–water partition coefficient (Wildman–Crippen LogP) is 6.50. The number of Topliss-reactive ketones (excluding diaryl/α,β-unsaturated/α-hetero) is 4. The van der Waals surface area contributed by atoms with Gasteiger partial charge in [0.15, 0.2) is 11.3 Å². The Labute approximate surface area is 261 Å². The molecular formula is C34H17N3O6S2. The van der Waals surface area contributed by atoms with Crippen molar-refractivity contribution in [2.75, 3.05) is 0 Å². The lowest BCUT2D eigenvalue weighted by Gasteiger charge is -2.06. The minimum atomic E-state index is -0.706. The fourth-order valence-electron chi connectivity index (χ4n) is 5.54. The fourth-order valence-corrected chi connectivity index (χ4v) is 7.65. The maximum absolute atomic E-state index is 13.6. The van der Waals surface area contributed by atoms with E-state index in [2.05, 4.69) is 9.97 Å². The Morgan fingerprint density at radius 2 is 1.07 bits per heavy atom. The molecule has 0 fully saturated rings. The third kappa shape index (κ3) is 4.24. The second kappa shape index (κ2) is 10.2. The lowest BCUT2D eigenvalue weighted by Crippen LogP contribution is -2.14. The molecule has 2 aliphatic rings. The molecule has 6 aromatic rings. The molecule has 11 heteroatoms. The number of fused-ring (bicyclic) bond motifs is 5. The molecule has 0 atom stereocenters. The molecule has 3 aromatic carbocycles. The third-order valence-corrected chi connectivity index (χ3v) is 9.78. The van der Waals surface area contributed by atoms with Gasteiger partial charge in [-0.2, -0.15) is 0 Å². The molecule has 0 unspecified atom stereocenters. The van der Waals surface area contributed by atoms with Crippen molar-refractivity contribution < 1.29 is 28.7 Å². The zero-order valence-corrected chi connectivity index (χ0v) is 24.6. The second-order valence-corrected chi connectivity index (χ2v) is 12.4. The molecule has 3 heterocycles. The molecule has 0 N–H and O–H groups in total. The van der Waals surface area contributed by atoms with Gasteiger partial charge in [-0.05, 0) is 28.8 Å². The number of carbonyl (C=O) groups excluding carboxylic acids is 5. The van der Waals surface area contributed by atoms with Crippen LogP contribution in [0, 0.1) is 0 Å². The molecule has 2 aliphatic carbocycles. The van der Waals surface area contributed by atoms with Crippen LogP contribution in [0.1, 0.15) is 47.4 Å². The first-order chi connectivity index (χ1) is 21.9. The zero-order valence-electron chi connectivity index (χ0n) is 23.0. The number of nitrogens with zero attached hydrogens (tertiary/aromatic N) is 3. The van der Waals surface area contributed by atoms with E-state index in [1.807, 2.05) is 30.3 Å². The Bertz CT molecular complexity index is 2240. The minimum Gasteiger partial charge on any atom is -0.444 e. The predicted molar refractivity (Wildman–Crippen MR) is 170 cm³/mol. The topological polar surface area (TPSA) is 125 Å². The summed E-state index contributed by atoms with van der Waals surface area (Å²) in [5, 5.41) is 0.830. The summed E-state index contributed by atoms with van der Waals surface area (Å²) in [7, 11) is 0. The van der Waals surface area contributed by atoms with Crippen LogP contribution in [0.15, 0.2) is 78.9 Å². The normalized spacial score (nSPS) is 16.0. The summed E-state index contributed by atoms with van der Waals surface area (Å²) in [5.41, 5.74) is 3.60. The minimum absolute atomic E-state index is 0.0176. The van der Waals surface area contributed by atoms with Gasteiger partial charge in [0.1, 0.15) is 16.6 Å². The Hall–Kier alpha value is -5.65. The van der Waals surface area contributed by atoms with E-state index in [1.54, 1.807) is 60.7 Å². The molecular weight excluding hydrogens is 611 g/mol. The first-order valence-corrected chi connectivity index (χ1v) is 15.4. The number of hydrogen-bond acceptors (Lipinski definition) is 10. The molecule has 0 bridgehead atoms. The number of ketones is 4. The number of allylic oxidation sites excluding steroid dienone is 2. The van der Waals surface area contributed by atoms with Crippen LogP contribution in [0.3, 0.4) is 0 Å². The van der Waals surface area contributed by atoms with Crippen LogP contribution < -0.4 is 0 Å². The maximum atomic E-state index is 13.6. The van der Waals surface area contributed by atoms with Crippen LogP contribution in [0.4, 0.5) is 4.79 Å². The molecule has 0 spiro atoms. The van der Waals surface area contributed by atoms with Crippen molar-refractivity contribution in [1.82, 2.24) is 14.5 Å². The molecule has 0 amide bonds. The van der Waals surface area contributed by atoms with Gasteiger partial charge < -0.3 is 4.74 Å². The Morgan fingerprint density at radius 3 is 1.56 bits per heavy atom. The standard InChI is InChI=1S/C34H17N3O6S2/c38-26-20-12-6-4-10-18(20)22(28(26)40)14-24-35-32-30(44-24)31-33(37(32)34(42)43-16-17-8-2-1-3-9-17)36-25(45-31)15-23-19-11-5-7-13-21(19)27(39)29(23)41/h1-15H,16H2/b22-14-,23-15-. The van der Waals surface area contributed by atoms with Gasteiger partial charge in [-0.25, -0.2) is 19.3 Å². The van der Waals surface area contributed by atoms with Gasteiger partial charge >= 0.3 is 6.09 Å². The zero-order chi connectivity index (χ0) is 30.8. The van der Waals surface area contributed by atoms with Crippen molar-refractivity contribution in [3.05, 3.63) is 117 Å². The van der Waals surface area contributed by atoms with Crippen molar-refractivity contribution >= 4 is 95.9 Å². The lowest BCUT2D eigenvalue weighted by molar-refractivity contribution is -0.110. The van der Waals surface area contributed by atoms with Gasteiger partial charge in [0.05, 0.1) is 9.40 Å². The van der Waals surface area contributed by atoms with Crippen LogP contribution >= 0.6 is 22.7 Å². The monoisotopic (exact) mass is 627 g/mol. The molecule has 0 saturated carbocycles. The second-order valence-electron chi connectivity index (χ2n) is 10.3. The van der Waals surface area contributed by atoms with Crippen LogP contribution in [-0.4, -0.2) is 43.8 Å². The number of ether oxygens (including phenoxy) is 1. The van der Waals surface area contributed by atoms with Gasteiger partial charge in [0.25, 0.3) is 0 Å². The summed E-state index contributed by atoms with van der Waals surface area (Å²) in [6, 6.07) is 22.8. The van der Waals surface area contributed by atoms with E-state index in [-0.39, 0.29) is 17.8 Å². The molecule has 0 aliphatic heterocycles. The summed E-state index contributed by atoms with van der Waals surface area (Å²) in [5.74, 6) is -2.38. The van der Waals surface area contributed by atoms with E-state index in [4.69, 9.17) is 4.74 Å². The van der Waals surface area contributed by atoms with E-state index >= 15 is 0 Å². The molecule has 0 saturated heterocycles. The van der Waals surface area contributed by atoms with Gasteiger partial charge in [-0.15, -0.1) is 22.7 Å². The highest BCUT2D eigenvalue weighted by atomic mass is 32.1. The van der Waals surface area contributed by atoms with E-state index < -0.39 is 29.2 Å². The average molecular weight is 628 g/mol. The molecule has 0 radical (unpaired) electrons. The third-order valence-electron chi connectivity index (χ3n) is 7.63. The average Bonchev–Trinajstić information content (AvgIpc) is 3.83. The van der Waals surface area contributed by atoms with Gasteiger partial charge in [0.2, 0.25) is 23.1 Å². The summed E-state index contributed by atoms with van der Waals surface area (Å²) < 4.78 is 8.17. The quantitative estimate of drug-likeness (QED) is 0.160. The molecule has 9 nitrogen and oxygen atoms in total. The number of hydrogen-bond donors (Lipinski definition) is 0. The number of thiazole rings is 2. The van der Waals surface area contributed by atoms with E-state index in [0.717, 1.165) is 5.56 Å². The number of carbonyl (C=O) groups is 5. The van der Waals surface area contributed by atoms with E-state index in [9.17, 15) is 24.0 Å². The number of rotatable bonds is 4. The largest absolute Gasteiger partial charge is 0.444 e. The summed E-state index contributed by atoms with van der Waals surface area (Å²) in [6.07, 6.45) is 2.42. The van der Waals surface area contributed by atoms with Crippen LogP contribution in [0.5, 0.6) is 0 Å². The Kier molecular flexibility index (Phi) is 6.12.